The van der Waals surface area contributed by atoms with Crippen LogP contribution < -0.4 is 0 Å². The SMILES string of the molecule is CC(C)CC(C)OCC1(CS(=O)(=O)Cl)CCCCCC1. The van der Waals surface area contributed by atoms with Crippen molar-refractivity contribution < 1.29 is 13.2 Å². The normalized spacial score (nSPS) is 21.6. The summed E-state index contributed by atoms with van der Waals surface area (Å²) in [7, 11) is 2.05. The van der Waals surface area contributed by atoms with Crippen molar-refractivity contribution in [3.63, 3.8) is 0 Å². The topological polar surface area (TPSA) is 43.4 Å². The first kappa shape index (κ1) is 18.2. The molecule has 0 amide bonds. The van der Waals surface area contributed by atoms with E-state index in [4.69, 9.17) is 15.4 Å². The molecule has 0 bridgehead atoms. The van der Waals surface area contributed by atoms with E-state index in [1.165, 1.54) is 12.8 Å². The Kier molecular flexibility index (Phi) is 7.30. The Hall–Kier alpha value is 0.200. The third kappa shape index (κ3) is 7.28. The molecule has 1 rings (SSSR count). The summed E-state index contributed by atoms with van der Waals surface area (Å²) in [5.74, 6) is 0.641. The van der Waals surface area contributed by atoms with Crippen LogP contribution in [-0.2, 0) is 13.8 Å². The second-order valence-electron chi connectivity index (χ2n) is 6.85. The highest BCUT2D eigenvalue weighted by Gasteiger charge is 2.36. The maximum atomic E-state index is 11.5. The molecule has 1 unspecified atom stereocenters. The predicted octanol–water partition coefficient (Wildman–Crippen LogP) is 4.35. The fourth-order valence-corrected chi connectivity index (χ4v) is 5.02. The van der Waals surface area contributed by atoms with Crippen LogP contribution in [0.4, 0.5) is 0 Å². The predicted molar refractivity (Wildman–Crippen MR) is 84.6 cm³/mol. The van der Waals surface area contributed by atoms with E-state index in [1.807, 2.05) is 0 Å². The summed E-state index contributed by atoms with van der Waals surface area (Å²) in [4.78, 5) is 0. The Balaban J connectivity index is 2.67. The molecule has 1 saturated carbocycles. The Bertz CT molecular complexity index is 371. The van der Waals surface area contributed by atoms with Gasteiger partial charge in [-0.3, -0.25) is 0 Å². The number of hydrogen-bond acceptors (Lipinski definition) is 3. The Labute approximate surface area is 128 Å². The minimum Gasteiger partial charge on any atom is -0.378 e. The maximum Gasteiger partial charge on any atom is 0.233 e. The van der Waals surface area contributed by atoms with Crippen LogP contribution >= 0.6 is 10.7 Å². The van der Waals surface area contributed by atoms with Crippen LogP contribution in [0, 0.1) is 11.3 Å². The zero-order chi connectivity index (χ0) is 15.2. The van der Waals surface area contributed by atoms with Crippen molar-refractivity contribution in [1.29, 1.82) is 0 Å². The van der Waals surface area contributed by atoms with E-state index in [1.54, 1.807) is 0 Å². The van der Waals surface area contributed by atoms with Crippen LogP contribution in [0.3, 0.4) is 0 Å². The van der Waals surface area contributed by atoms with Gasteiger partial charge in [0, 0.05) is 16.1 Å². The minimum atomic E-state index is -3.48. The summed E-state index contributed by atoms with van der Waals surface area (Å²) >= 11 is 0. The van der Waals surface area contributed by atoms with Crippen molar-refractivity contribution in [3.8, 4) is 0 Å². The summed E-state index contributed by atoms with van der Waals surface area (Å²) in [5.41, 5.74) is -0.275. The Morgan fingerprint density at radius 3 is 2.10 bits per heavy atom. The Morgan fingerprint density at radius 1 is 1.10 bits per heavy atom. The molecule has 0 N–H and O–H groups in total. The molecule has 0 radical (unpaired) electrons. The van der Waals surface area contributed by atoms with Crippen LogP contribution in [0.2, 0.25) is 0 Å². The number of ether oxygens (including phenoxy) is 1. The quantitative estimate of drug-likeness (QED) is 0.516. The lowest BCUT2D eigenvalue weighted by Gasteiger charge is -2.32. The van der Waals surface area contributed by atoms with Crippen molar-refractivity contribution in [2.45, 2.75) is 71.8 Å². The molecule has 5 heteroatoms. The third-order valence-electron chi connectivity index (χ3n) is 4.12. The molecular weight excluding hydrogens is 296 g/mol. The smallest absolute Gasteiger partial charge is 0.233 e. The van der Waals surface area contributed by atoms with Crippen LogP contribution in [0.1, 0.15) is 65.7 Å². The third-order valence-corrected chi connectivity index (χ3v) is 5.40. The zero-order valence-electron chi connectivity index (χ0n) is 13.0. The summed E-state index contributed by atoms with van der Waals surface area (Å²) in [5, 5.41) is 0. The van der Waals surface area contributed by atoms with Gasteiger partial charge in [0.1, 0.15) is 0 Å². The number of hydrogen-bond donors (Lipinski definition) is 0. The molecule has 20 heavy (non-hydrogen) atoms. The van der Waals surface area contributed by atoms with Crippen molar-refractivity contribution >= 4 is 19.7 Å². The summed E-state index contributed by atoms with van der Waals surface area (Å²) < 4.78 is 29.1. The molecule has 0 saturated heterocycles. The highest BCUT2D eigenvalue weighted by Crippen LogP contribution is 2.38. The second kappa shape index (κ2) is 8.00. The van der Waals surface area contributed by atoms with E-state index >= 15 is 0 Å². The molecule has 1 fully saturated rings. The molecule has 0 aromatic rings. The van der Waals surface area contributed by atoms with Gasteiger partial charge in [0.15, 0.2) is 0 Å². The molecule has 0 heterocycles. The van der Waals surface area contributed by atoms with Crippen molar-refractivity contribution in [2.75, 3.05) is 12.4 Å². The summed E-state index contributed by atoms with van der Waals surface area (Å²) in [6.07, 6.45) is 7.53. The van der Waals surface area contributed by atoms with E-state index in [0.717, 1.165) is 32.1 Å². The van der Waals surface area contributed by atoms with Gasteiger partial charge in [0.05, 0.1) is 18.5 Å². The lowest BCUT2D eigenvalue weighted by Crippen LogP contribution is -2.34. The van der Waals surface area contributed by atoms with Crippen molar-refractivity contribution in [1.82, 2.24) is 0 Å². The number of rotatable bonds is 7. The molecule has 0 aliphatic heterocycles. The summed E-state index contributed by atoms with van der Waals surface area (Å²) in [6.45, 7) is 6.93. The van der Waals surface area contributed by atoms with Gasteiger partial charge in [-0.15, -0.1) is 0 Å². The average molecular weight is 325 g/mol. The lowest BCUT2D eigenvalue weighted by molar-refractivity contribution is -0.00771. The van der Waals surface area contributed by atoms with Crippen molar-refractivity contribution in [3.05, 3.63) is 0 Å². The van der Waals surface area contributed by atoms with Crippen molar-refractivity contribution in [2.24, 2.45) is 11.3 Å². The van der Waals surface area contributed by atoms with E-state index in [0.29, 0.717) is 12.5 Å². The molecule has 120 valence electrons. The monoisotopic (exact) mass is 324 g/mol. The maximum absolute atomic E-state index is 11.5. The molecule has 0 aromatic heterocycles. The van der Waals surface area contributed by atoms with E-state index in [9.17, 15) is 8.42 Å². The van der Waals surface area contributed by atoms with Gasteiger partial charge in [-0.25, -0.2) is 8.42 Å². The highest BCUT2D eigenvalue weighted by molar-refractivity contribution is 8.13. The summed E-state index contributed by atoms with van der Waals surface area (Å²) in [6, 6.07) is 0. The molecular formula is C15H29ClO3S. The molecule has 1 aliphatic carbocycles. The first-order valence-corrected chi connectivity index (χ1v) is 10.2. The van der Waals surface area contributed by atoms with E-state index in [2.05, 4.69) is 20.8 Å². The first-order chi connectivity index (χ1) is 9.22. The van der Waals surface area contributed by atoms with Gasteiger partial charge in [0.2, 0.25) is 9.05 Å². The van der Waals surface area contributed by atoms with Crippen LogP contribution in [-0.4, -0.2) is 26.9 Å². The van der Waals surface area contributed by atoms with Gasteiger partial charge in [-0.05, 0) is 32.1 Å². The highest BCUT2D eigenvalue weighted by atomic mass is 35.7. The molecule has 0 spiro atoms. The first-order valence-electron chi connectivity index (χ1n) is 7.76. The molecule has 3 nitrogen and oxygen atoms in total. The van der Waals surface area contributed by atoms with Crippen LogP contribution in [0.25, 0.3) is 0 Å². The molecule has 1 aliphatic rings. The lowest BCUT2D eigenvalue weighted by atomic mass is 9.83. The van der Waals surface area contributed by atoms with Gasteiger partial charge < -0.3 is 4.74 Å². The largest absolute Gasteiger partial charge is 0.378 e. The van der Waals surface area contributed by atoms with E-state index in [-0.39, 0.29) is 17.3 Å². The van der Waals surface area contributed by atoms with Crippen LogP contribution in [0.5, 0.6) is 0 Å². The standard InChI is InChI=1S/C15H29ClO3S/c1-13(2)10-14(3)19-11-15(12-20(16,17)18)8-6-4-5-7-9-15/h13-14H,4-12H2,1-3H3. The average Bonchev–Trinajstić information content (AvgIpc) is 2.49. The molecule has 0 aromatic carbocycles. The fourth-order valence-electron chi connectivity index (χ4n) is 3.23. The van der Waals surface area contributed by atoms with Gasteiger partial charge in [-0.1, -0.05) is 39.5 Å². The Morgan fingerprint density at radius 2 is 1.65 bits per heavy atom. The van der Waals surface area contributed by atoms with E-state index < -0.39 is 9.05 Å². The van der Waals surface area contributed by atoms with Crippen LogP contribution in [0.15, 0.2) is 0 Å². The molecule has 1 atom stereocenters. The van der Waals surface area contributed by atoms with Gasteiger partial charge >= 0.3 is 0 Å². The van der Waals surface area contributed by atoms with Gasteiger partial charge in [-0.2, -0.15) is 0 Å². The number of halogens is 1. The minimum absolute atomic E-state index is 0.0515. The second-order valence-corrected chi connectivity index (χ2v) is 9.63. The fraction of sp³-hybridized carbons (Fsp3) is 1.00. The zero-order valence-corrected chi connectivity index (χ0v) is 14.6. The van der Waals surface area contributed by atoms with Gasteiger partial charge in [0.25, 0.3) is 0 Å².